The van der Waals surface area contributed by atoms with E-state index in [1.54, 1.807) is 12.1 Å². The highest BCUT2D eigenvalue weighted by atomic mass is 32.2. The molecule has 1 aliphatic carbocycles. The van der Waals surface area contributed by atoms with E-state index in [1.807, 2.05) is 13.0 Å². The van der Waals surface area contributed by atoms with E-state index in [0.29, 0.717) is 28.5 Å². The standard InChI is InChI=1S/C24H30FN5OS.CH4O3S/c1-16-19-15-22(32-24(19)30(27-16)18-6-4-3-5-7-18)23(31)26-17-8-9-21(20(25)14-17)29-12-10-28(2)11-13-29;1-5(2,3)4/h8-9,14-15,18H,3-7,10-13H2,1-2H3,(H,26,31);1H3,(H,2,3,4). The van der Waals surface area contributed by atoms with Crippen molar-refractivity contribution >= 4 is 49.0 Å². The van der Waals surface area contributed by atoms with Crippen molar-refractivity contribution in [2.75, 3.05) is 49.7 Å². The number of nitrogens with one attached hydrogen (secondary N) is 1. The highest BCUT2D eigenvalue weighted by Gasteiger charge is 2.23. The van der Waals surface area contributed by atoms with Crippen molar-refractivity contribution in [1.82, 2.24) is 14.7 Å². The third-order valence-electron chi connectivity index (χ3n) is 6.76. The predicted molar refractivity (Wildman–Crippen MR) is 146 cm³/mol. The molecule has 2 N–H and O–H groups in total. The number of nitrogens with zero attached hydrogens (tertiary/aromatic N) is 4. The van der Waals surface area contributed by atoms with E-state index >= 15 is 0 Å². The average molecular weight is 552 g/mol. The fourth-order valence-corrected chi connectivity index (χ4v) is 5.97. The van der Waals surface area contributed by atoms with Crippen LogP contribution in [0.5, 0.6) is 0 Å². The van der Waals surface area contributed by atoms with Crippen LogP contribution in [0.2, 0.25) is 0 Å². The number of aromatic nitrogens is 2. The van der Waals surface area contributed by atoms with Crippen LogP contribution in [0.3, 0.4) is 0 Å². The number of anilines is 2. The van der Waals surface area contributed by atoms with Gasteiger partial charge in [-0.15, -0.1) is 11.3 Å². The summed E-state index contributed by atoms with van der Waals surface area (Å²) >= 11 is 1.48. The number of thiophene rings is 1. The molecule has 2 aliphatic rings. The molecule has 3 aromatic rings. The fraction of sp³-hybridized carbons (Fsp3) is 0.520. The Labute approximate surface area is 221 Å². The summed E-state index contributed by atoms with van der Waals surface area (Å²) in [5.74, 6) is -0.500. The van der Waals surface area contributed by atoms with Gasteiger partial charge in [-0.3, -0.25) is 14.0 Å². The second kappa shape index (κ2) is 11.5. The molecule has 0 spiro atoms. The van der Waals surface area contributed by atoms with Gasteiger partial charge < -0.3 is 15.1 Å². The van der Waals surface area contributed by atoms with Gasteiger partial charge >= 0.3 is 0 Å². The molecular weight excluding hydrogens is 517 g/mol. The van der Waals surface area contributed by atoms with Gasteiger partial charge in [0.05, 0.1) is 28.6 Å². The first-order chi connectivity index (χ1) is 17.5. The highest BCUT2D eigenvalue weighted by molar-refractivity contribution is 7.85. The molecule has 0 atom stereocenters. The van der Waals surface area contributed by atoms with E-state index in [-0.39, 0.29) is 11.7 Å². The number of aryl methyl sites for hydroxylation is 1. The Morgan fingerprint density at radius 1 is 1.14 bits per heavy atom. The molecule has 9 nitrogen and oxygen atoms in total. The van der Waals surface area contributed by atoms with Crippen LogP contribution in [0.1, 0.15) is 53.5 Å². The maximum absolute atomic E-state index is 14.8. The molecule has 2 fully saturated rings. The Hall–Kier alpha value is -2.54. The number of fused-ring (bicyclic) bond motifs is 1. The van der Waals surface area contributed by atoms with Gasteiger partial charge in [0.15, 0.2) is 0 Å². The van der Waals surface area contributed by atoms with Crippen molar-refractivity contribution in [2.45, 2.75) is 45.1 Å². The summed E-state index contributed by atoms with van der Waals surface area (Å²) in [5.41, 5.74) is 2.04. The molecule has 5 rings (SSSR count). The quantitative estimate of drug-likeness (QED) is 0.458. The van der Waals surface area contributed by atoms with Crippen LogP contribution in [0.25, 0.3) is 10.2 Å². The van der Waals surface area contributed by atoms with E-state index in [2.05, 4.69) is 26.8 Å². The summed E-state index contributed by atoms with van der Waals surface area (Å²) in [5, 5.41) is 8.69. The lowest BCUT2D eigenvalue weighted by atomic mass is 9.96. The van der Waals surface area contributed by atoms with Gasteiger partial charge in [0.2, 0.25) is 0 Å². The Morgan fingerprint density at radius 2 is 1.78 bits per heavy atom. The monoisotopic (exact) mass is 551 g/mol. The van der Waals surface area contributed by atoms with Crippen molar-refractivity contribution in [3.05, 3.63) is 40.7 Å². The van der Waals surface area contributed by atoms with Gasteiger partial charge in [0.25, 0.3) is 16.0 Å². The number of rotatable bonds is 4. The SMILES string of the molecule is CS(=O)(=O)O.Cc1nn(C2CCCCC2)c2sc(C(=O)Nc3ccc(N4CCN(C)CC4)c(F)c3)cc12. The molecule has 202 valence electrons. The lowest BCUT2D eigenvalue weighted by Crippen LogP contribution is -2.44. The molecule has 1 aliphatic heterocycles. The first-order valence-corrected chi connectivity index (χ1v) is 15.1. The number of piperazine rings is 1. The molecule has 1 amide bonds. The van der Waals surface area contributed by atoms with Crippen LogP contribution in [0.4, 0.5) is 15.8 Å². The smallest absolute Gasteiger partial charge is 0.265 e. The summed E-state index contributed by atoms with van der Waals surface area (Å²) in [6.07, 6.45) is 6.78. The maximum atomic E-state index is 14.8. The second-order valence-electron chi connectivity index (χ2n) is 9.79. The second-order valence-corrected chi connectivity index (χ2v) is 12.3. The van der Waals surface area contributed by atoms with E-state index < -0.39 is 10.1 Å². The Kier molecular flexibility index (Phi) is 8.52. The number of hydrogen-bond acceptors (Lipinski definition) is 7. The minimum Gasteiger partial charge on any atom is -0.367 e. The van der Waals surface area contributed by atoms with E-state index in [0.717, 1.165) is 54.9 Å². The minimum atomic E-state index is -3.67. The number of carbonyl (C=O) groups excluding carboxylic acids is 1. The highest BCUT2D eigenvalue weighted by Crippen LogP contribution is 2.36. The van der Waals surface area contributed by atoms with Crippen molar-refractivity contribution in [2.24, 2.45) is 0 Å². The number of carbonyl (C=O) groups is 1. The Morgan fingerprint density at radius 3 is 2.41 bits per heavy atom. The normalized spacial score (nSPS) is 17.5. The van der Waals surface area contributed by atoms with Crippen LogP contribution < -0.4 is 10.2 Å². The first-order valence-electron chi connectivity index (χ1n) is 12.4. The van der Waals surface area contributed by atoms with Crippen LogP contribution in [0.15, 0.2) is 24.3 Å². The lowest BCUT2D eigenvalue weighted by molar-refractivity contribution is 0.103. The minimum absolute atomic E-state index is 0.201. The number of hydrogen-bond donors (Lipinski definition) is 2. The molecular formula is C25H34FN5O4S2. The molecule has 37 heavy (non-hydrogen) atoms. The Bertz CT molecular complexity index is 1350. The molecule has 2 aromatic heterocycles. The predicted octanol–water partition coefficient (Wildman–Crippen LogP) is 4.56. The number of likely N-dealkylation sites (N-methyl/N-ethyl adjacent to an activating group) is 1. The zero-order chi connectivity index (χ0) is 26.7. The molecule has 0 radical (unpaired) electrons. The summed E-state index contributed by atoms with van der Waals surface area (Å²) < 4.78 is 42.8. The third-order valence-corrected chi connectivity index (χ3v) is 7.89. The molecule has 1 saturated heterocycles. The molecule has 1 saturated carbocycles. The third kappa shape index (κ3) is 7.07. The maximum Gasteiger partial charge on any atom is 0.265 e. The van der Waals surface area contributed by atoms with Gasteiger partial charge in [0.1, 0.15) is 10.6 Å². The summed E-state index contributed by atoms with van der Waals surface area (Å²) in [7, 11) is -1.59. The van der Waals surface area contributed by atoms with Gasteiger partial charge in [-0.25, -0.2) is 4.39 Å². The summed E-state index contributed by atoms with van der Waals surface area (Å²) in [4.78, 5) is 18.9. The Balaban J connectivity index is 0.000000586. The van der Waals surface area contributed by atoms with Crippen LogP contribution >= 0.6 is 11.3 Å². The summed E-state index contributed by atoms with van der Waals surface area (Å²) in [6, 6.07) is 7.33. The number of benzene rings is 1. The van der Waals surface area contributed by atoms with Crippen molar-refractivity contribution in [1.29, 1.82) is 0 Å². The van der Waals surface area contributed by atoms with Crippen molar-refractivity contribution < 1.29 is 22.2 Å². The largest absolute Gasteiger partial charge is 0.367 e. The molecule has 3 heterocycles. The molecule has 12 heteroatoms. The topological polar surface area (TPSA) is 108 Å². The molecule has 0 bridgehead atoms. The van der Waals surface area contributed by atoms with Crippen LogP contribution in [-0.2, 0) is 10.1 Å². The van der Waals surface area contributed by atoms with Gasteiger partial charge in [-0.2, -0.15) is 13.5 Å². The first kappa shape index (κ1) is 27.5. The number of amides is 1. The van der Waals surface area contributed by atoms with Crippen molar-refractivity contribution in [3.8, 4) is 0 Å². The number of halogens is 1. The summed E-state index contributed by atoms with van der Waals surface area (Å²) in [6.45, 7) is 5.45. The van der Waals surface area contributed by atoms with E-state index in [1.165, 1.54) is 36.7 Å². The van der Waals surface area contributed by atoms with Gasteiger partial charge in [-0.1, -0.05) is 19.3 Å². The van der Waals surface area contributed by atoms with E-state index in [4.69, 9.17) is 9.65 Å². The van der Waals surface area contributed by atoms with E-state index in [9.17, 15) is 17.6 Å². The van der Waals surface area contributed by atoms with Crippen molar-refractivity contribution in [3.63, 3.8) is 0 Å². The zero-order valence-electron chi connectivity index (χ0n) is 21.4. The van der Waals surface area contributed by atoms with Crippen LogP contribution in [0, 0.1) is 12.7 Å². The molecule has 1 aromatic carbocycles. The van der Waals surface area contributed by atoms with Gasteiger partial charge in [-0.05, 0) is 51.1 Å². The average Bonchev–Trinajstić information content (AvgIpc) is 3.40. The zero-order valence-corrected chi connectivity index (χ0v) is 23.0. The van der Waals surface area contributed by atoms with Crippen LogP contribution in [-0.4, -0.2) is 73.0 Å². The lowest BCUT2D eigenvalue weighted by Gasteiger charge is -2.34. The fourth-order valence-electron chi connectivity index (χ4n) is 4.84. The van der Waals surface area contributed by atoms with Gasteiger partial charge in [0, 0.05) is 37.3 Å². The molecule has 0 unspecified atom stereocenters.